The molecule has 0 aromatic carbocycles. The van der Waals surface area contributed by atoms with E-state index in [1.54, 1.807) is 0 Å². The normalized spacial score (nSPS) is 14.4. The summed E-state index contributed by atoms with van der Waals surface area (Å²) in [7, 11) is -0.800. The fourth-order valence-electron chi connectivity index (χ4n) is 1.14. The summed E-state index contributed by atoms with van der Waals surface area (Å²) in [6, 6.07) is 0.540. The molecule has 80 valence electrons. The Kier molecular flexibility index (Phi) is 6.33. The van der Waals surface area contributed by atoms with Crippen LogP contribution in [0.4, 0.5) is 0 Å². The molecule has 13 heavy (non-hydrogen) atoms. The largest absolute Gasteiger partial charge is 0.317 e. The van der Waals surface area contributed by atoms with Gasteiger partial charge in [0.2, 0.25) is 0 Å². The van der Waals surface area contributed by atoms with Gasteiger partial charge in [0.15, 0.2) is 0 Å². The van der Waals surface area contributed by atoms with E-state index < -0.39 is 9.84 Å². The molecule has 0 aromatic heterocycles. The number of hydrogen-bond donors (Lipinski definition) is 1. The van der Waals surface area contributed by atoms with Crippen molar-refractivity contribution in [2.24, 2.45) is 0 Å². The van der Waals surface area contributed by atoms with E-state index in [0.717, 1.165) is 25.7 Å². The number of rotatable bonds is 7. The quantitative estimate of drug-likeness (QED) is 0.638. The van der Waals surface area contributed by atoms with Crippen molar-refractivity contribution in [3.63, 3.8) is 0 Å². The second-order valence-corrected chi connectivity index (χ2v) is 5.93. The van der Waals surface area contributed by atoms with E-state index in [1.165, 1.54) is 6.26 Å². The Labute approximate surface area is 81.8 Å². The molecule has 4 heteroatoms. The van der Waals surface area contributed by atoms with Crippen molar-refractivity contribution in [2.75, 3.05) is 19.1 Å². The maximum Gasteiger partial charge on any atom is 0.147 e. The molecule has 1 unspecified atom stereocenters. The summed E-state index contributed by atoms with van der Waals surface area (Å²) >= 11 is 0. The predicted molar refractivity (Wildman–Crippen MR) is 56.7 cm³/mol. The zero-order chi connectivity index (χ0) is 10.3. The zero-order valence-corrected chi connectivity index (χ0v) is 9.65. The molecule has 0 amide bonds. The molecule has 0 radical (unpaired) electrons. The van der Waals surface area contributed by atoms with Gasteiger partial charge in [0.25, 0.3) is 0 Å². The van der Waals surface area contributed by atoms with E-state index in [1.807, 2.05) is 7.05 Å². The van der Waals surface area contributed by atoms with Crippen LogP contribution in [-0.4, -0.2) is 33.5 Å². The van der Waals surface area contributed by atoms with Gasteiger partial charge in [-0.05, 0) is 26.8 Å². The highest BCUT2D eigenvalue weighted by molar-refractivity contribution is 7.90. The average Bonchev–Trinajstić information content (AvgIpc) is 2.01. The highest BCUT2D eigenvalue weighted by atomic mass is 32.2. The molecule has 0 aliphatic carbocycles. The van der Waals surface area contributed by atoms with Crippen LogP contribution in [0.3, 0.4) is 0 Å². The van der Waals surface area contributed by atoms with Crippen molar-refractivity contribution in [3.05, 3.63) is 0 Å². The molecule has 0 aromatic rings. The minimum Gasteiger partial charge on any atom is -0.317 e. The van der Waals surface area contributed by atoms with E-state index in [4.69, 9.17) is 0 Å². The van der Waals surface area contributed by atoms with Gasteiger partial charge in [-0.2, -0.15) is 0 Å². The molecule has 0 fully saturated rings. The molecule has 0 spiro atoms. The lowest BCUT2D eigenvalue weighted by molar-refractivity contribution is 0.524. The van der Waals surface area contributed by atoms with Gasteiger partial charge in [-0.1, -0.05) is 12.8 Å². The van der Waals surface area contributed by atoms with Gasteiger partial charge in [0, 0.05) is 18.1 Å². The first-order valence-corrected chi connectivity index (χ1v) is 6.87. The molecule has 3 nitrogen and oxygen atoms in total. The number of hydrogen-bond acceptors (Lipinski definition) is 3. The fourth-order valence-corrected chi connectivity index (χ4v) is 1.86. The Morgan fingerprint density at radius 2 is 1.85 bits per heavy atom. The van der Waals surface area contributed by atoms with E-state index in [-0.39, 0.29) is 0 Å². The van der Waals surface area contributed by atoms with Crippen LogP contribution in [0.15, 0.2) is 0 Å². The van der Waals surface area contributed by atoms with E-state index >= 15 is 0 Å². The predicted octanol–water partition coefficient (Wildman–Crippen LogP) is 1.20. The second-order valence-electron chi connectivity index (χ2n) is 3.67. The van der Waals surface area contributed by atoms with Gasteiger partial charge in [-0.3, -0.25) is 0 Å². The van der Waals surface area contributed by atoms with Crippen LogP contribution in [0.5, 0.6) is 0 Å². The molecule has 0 saturated carbocycles. The first-order chi connectivity index (χ1) is 5.95. The Balaban J connectivity index is 3.27. The summed E-state index contributed by atoms with van der Waals surface area (Å²) in [5.41, 5.74) is 0. The van der Waals surface area contributed by atoms with Crippen LogP contribution < -0.4 is 5.32 Å². The molecule has 0 rings (SSSR count). The summed E-state index contributed by atoms with van der Waals surface area (Å²) in [5.74, 6) is 0.334. The smallest absolute Gasteiger partial charge is 0.147 e. The molecular formula is C9H21NO2S. The number of nitrogens with one attached hydrogen (secondary N) is 1. The monoisotopic (exact) mass is 207 g/mol. The molecule has 1 atom stereocenters. The van der Waals surface area contributed by atoms with Gasteiger partial charge in [0.1, 0.15) is 9.84 Å². The third-order valence-electron chi connectivity index (χ3n) is 2.15. The third kappa shape index (κ3) is 9.83. The van der Waals surface area contributed by atoms with Gasteiger partial charge in [-0.15, -0.1) is 0 Å². The van der Waals surface area contributed by atoms with Crippen molar-refractivity contribution in [1.82, 2.24) is 5.32 Å². The molecule has 0 bridgehead atoms. The first kappa shape index (κ1) is 12.9. The van der Waals surface area contributed by atoms with Crippen molar-refractivity contribution < 1.29 is 8.42 Å². The number of sulfone groups is 1. The topological polar surface area (TPSA) is 46.2 Å². The Morgan fingerprint density at radius 3 is 2.31 bits per heavy atom. The van der Waals surface area contributed by atoms with Crippen LogP contribution in [0.2, 0.25) is 0 Å². The average molecular weight is 207 g/mol. The first-order valence-electron chi connectivity index (χ1n) is 4.80. The lowest BCUT2D eigenvalue weighted by Crippen LogP contribution is -2.20. The summed E-state index contributed by atoms with van der Waals surface area (Å²) in [4.78, 5) is 0. The second kappa shape index (κ2) is 6.38. The highest BCUT2D eigenvalue weighted by Crippen LogP contribution is 2.04. The Hall–Kier alpha value is -0.0900. The minimum absolute atomic E-state index is 0.334. The fraction of sp³-hybridized carbons (Fsp3) is 1.00. The zero-order valence-electron chi connectivity index (χ0n) is 8.84. The summed E-state index contributed by atoms with van der Waals surface area (Å²) in [6.45, 7) is 2.14. The molecule has 1 N–H and O–H groups in total. The van der Waals surface area contributed by atoms with Crippen LogP contribution in [0.25, 0.3) is 0 Å². The molecular weight excluding hydrogens is 186 g/mol. The van der Waals surface area contributed by atoms with Crippen molar-refractivity contribution in [3.8, 4) is 0 Å². The standard InChI is InChI=1S/C9H21NO2S/c1-9(10-2)7-5-4-6-8-13(3,11)12/h9-10H,4-8H2,1-3H3. The maximum absolute atomic E-state index is 10.8. The third-order valence-corrected chi connectivity index (χ3v) is 3.18. The maximum atomic E-state index is 10.8. The Morgan fingerprint density at radius 1 is 1.23 bits per heavy atom. The van der Waals surface area contributed by atoms with Gasteiger partial charge in [0.05, 0.1) is 0 Å². The van der Waals surface area contributed by atoms with Gasteiger partial charge >= 0.3 is 0 Å². The van der Waals surface area contributed by atoms with Gasteiger partial charge in [-0.25, -0.2) is 8.42 Å². The van der Waals surface area contributed by atoms with Gasteiger partial charge < -0.3 is 5.32 Å². The molecule has 0 aliphatic rings. The highest BCUT2D eigenvalue weighted by Gasteiger charge is 2.02. The molecule has 0 heterocycles. The summed E-state index contributed by atoms with van der Waals surface area (Å²) in [5, 5.41) is 3.15. The van der Waals surface area contributed by atoms with Crippen LogP contribution >= 0.6 is 0 Å². The lowest BCUT2D eigenvalue weighted by Gasteiger charge is -2.08. The van der Waals surface area contributed by atoms with Crippen molar-refractivity contribution in [1.29, 1.82) is 0 Å². The van der Waals surface area contributed by atoms with E-state index in [2.05, 4.69) is 12.2 Å². The SMILES string of the molecule is CNC(C)CCCCCS(C)(=O)=O. The lowest BCUT2D eigenvalue weighted by atomic mass is 10.1. The summed E-state index contributed by atoms with van der Waals surface area (Å²) < 4.78 is 21.5. The van der Waals surface area contributed by atoms with E-state index in [0.29, 0.717) is 11.8 Å². The minimum atomic E-state index is -2.75. The van der Waals surface area contributed by atoms with E-state index in [9.17, 15) is 8.42 Å². The van der Waals surface area contributed by atoms with Crippen LogP contribution in [-0.2, 0) is 9.84 Å². The summed E-state index contributed by atoms with van der Waals surface area (Å²) in [6.07, 6.45) is 5.34. The molecule has 0 saturated heterocycles. The Bertz CT molecular complexity index is 212. The van der Waals surface area contributed by atoms with Crippen molar-refractivity contribution in [2.45, 2.75) is 38.6 Å². The van der Waals surface area contributed by atoms with Crippen LogP contribution in [0, 0.1) is 0 Å². The van der Waals surface area contributed by atoms with Crippen LogP contribution in [0.1, 0.15) is 32.6 Å². The molecule has 0 aliphatic heterocycles. The van der Waals surface area contributed by atoms with Crippen molar-refractivity contribution >= 4 is 9.84 Å². The number of unbranched alkanes of at least 4 members (excludes halogenated alkanes) is 2.